The second-order valence-corrected chi connectivity index (χ2v) is 5.25. The van der Waals surface area contributed by atoms with E-state index in [1.54, 1.807) is 0 Å². The Bertz CT molecular complexity index is 154. The van der Waals surface area contributed by atoms with E-state index < -0.39 is 0 Å². The van der Waals surface area contributed by atoms with Crippen molar-refractivity contribution in [3.8, 4) is 0 Å². The lowest BCUT2D eigenvalue weighted by atomic mass is 10.1. The number of hydrogen-bond donors (Lipinski definition) is 2. The zero-order chi connectivity index (χ0) is 10.4. The second kappa shape index (κ2) is 6.70. The predicted octanol–water partition coefficient (Wildman–Crippen LogP) is 2.02. The highest BCUT2D eigenvalue weighted by Crippen LogP contribution is 2.18. The number of thioether (sulfide) groups is 1. The largest absolute Gasteiger partial charge is 0.392 e. The lowest BCUT2D eigenvalue weighted by Crippen LogP contribution is -2.44. The number of nitrogens with one attached hydrogen (secondary N) is 1. The minimum Gasteiger partial charge on any atom is -0.392 e. The van der Waals surface area contributed by atoms with E-state index in [9.17, 15) is 5.11 Å². The Hall–Kier alpha value is 0.270. The van der Waals surface area contributed by atoms with Crippen molar-refractivity contribution < 1.29 is 5.11 Å². The molecule has 0 amide bonds. The molecule has 0 spiro atoms. The zero-order valence-corrected chi connectivity index (χ0v) is 10.1. The molecule has 3 heteroatoms. The fourth-order valence-electron chi connectivity index (χ4n) is 2.15. The van der Waals surface area contributed by atoms with Gasteiger partial charge in [-0.25, -0.2) is 0 Å². The van der Waals surface area contributed by atoms with Gasteiger partial charge in [0.15, 0.2) is 0 Å². The van der Waals surface area contributed by atoms with E-state index in [0.717, 1.165) is 18.6 Å². The molecule has 0 heterocycles. The van der Waals surface area contributed by atoms with Crippen molar-refractivity contribution in [1.29, 1.82) is 0 Å². The highest BCUT2D eigenvalue weighted by Gasteiger charge is 2.22. The molecule has 0 bridgehead atoms. The van der Waals surface area contributed by atoms with Crippen LogP contribution in [-0.4, -0.2) is 35.3 Å². The van der Waals surface area contributed by atoms with E-state index in [1.165, 1.54) is 19.3 Å². The maximum absolute atomic E-state index is 9.90. The molecule has 1 aliphatic carbocycles. The molecule has 3 unspecified atom stereocenters. The van der Waals surface area contributed by atoms with Crippen LogP contribution in [0.4, 0.5) is 0 Å². The molecule has 2 N–H and O–H groups in total. The molecular weight excluding hydrogens is 194 g/mol. The van der Waals surface area contributed by atoms with Crippen molar-refractivity contribution >= 4 is 11.8 Å². The molecule has 1 rings (SSSR count). The lowest BCUT2D eigenvalue weighted by molar-refractivity contribution is 0.116. The van der Waals surface area contributed by atoms with Crippen LogP contribution in [0.25, 0.3) is 0 Å². The summed E-state index contributed by atoms with van der Waals surface area (Å²) < 4.78 is 0. The van der Waals surface area contributed by atoms with E-state index in [1.807, 2.05) is 11.8 Å². The maximum atomic E-state index is 9.90. The Kier molecular flexibility index (Phi) is 5.90. The Labute approximate surface area is 91.9 Å². The molecule has 1 saturated carbocycles. The van der Waals surface area contributed by atoms with E-state index >= 15 is 0 Å². The summed E-state index contributed by atoms with van der Waals surface area (Å²) in [6, 6.07) is 0.849. The van der Waals surface area contributed by atoms with Crippen LogP contribution < -0.4 is 5.32 Å². The lowest BCUT2D eigenvalue weighted by Gasteiger charge is -2.25. The van der Waals surface area contributed by atoms with Crippen LogP contribution in [-0.2, 0) is 0 Å². The third-order valence-corrected chi connectivity index (χ3v) is 3.73. The monoisotopic (exact) mass is 217 g/mol. The molecule has 0 aromatic carbocycles. The van der Waals surface area contributed by atoms with Gasteiger partial charge in [0.2, 0.25) is 0 Å². The predicted molar refractivity (Wildman–Crippen MR) is 63.9 cm³/mol. The first-order chi connectivity index (χ1) is 6.74. The van der Waals surface area contributed by atoms with Crippen LogP contribution in [0.2, 0.25) is 0 Å². The highest BCUT2D eigenvalue weighted by molar-refractivity contribution is 7.98. The SMILES string of the molecule is CSCC(C)NC1CCCCCC1O. The van der Waals surface area contributed by atoms with E-state index in [2.05, 4.69) is 18.5 Å². The zero-order valence-electron chi connectivity index (χ0n) is 9.33. The molecule has 84 valence electrons. The Morgan fingerprint density at radius 3 is 2.79 bits per heavy atom. The van der Waals surface area contributed by atoms with Crippen molar-refractivity contribution in [3.05, 3.63) is 0 Å². The normalized spacial score (nSPS) is 31.1. The van der Waals surface area contributed by atoms with Crippen molar-refractivity contribution in [3.63, 3.8) is 0 Å². The molecule has 1 aliphatic rings. The minimum absolute atomic E-state index is 0.123. The van der Waals surface area contributed by atoms with Crippen LogP contribution in [0.1, 0.15) is 39.0 Å². The number of hydrogen-bond acceptors (Lipinski definition) is 3. The molecule has 1 fully saturated rings. The summed E-state index contributed by atoms with van der Waals surface area (Å²) in [5.74, 6) is 1.13. The summed E-state index contributed by atoms with van der Waals surface area (Å²) in [5.41, 5.74) is 0. The van der Waals surface area contributed by atoms with Crippen molar-refractivity contribution in [2.24, 2.45) is 0 Å². The van der Waals surface area contributed by atoms with Crippen LogP contribution in [0, 0.1) is 0 Å². The molecule has 0 saturated heterocycles. The van der Waals surface area contributed by atoms with E-state index in [-0.39, 0.29) is 6.10 Å². The average molecular weight is 217 g/mol. The van der Waals surface area contributed by atoms with Crippen LogP contribution in [0.5, 0.6) is 0 Å². The Balaban J connectivity index is 2.32. The van der Waals surface area contributed by atoms with Crippen molar-refractivity contribution in [1.82, 2.24) is 5.32 Å². The average Bonchev–Trinajstić information content (AvgIpc) is 2.33. The van der Waals surface area contributed by atoms with E-state index in [4.69, 9.17) is 0 Å². The number of aliphatic hydroxyl groups is 1. The summed E-state index contributed by atoms with van der Waals surface area (Å²) in [5, 5.41) is 13.4. The first kappa shape index (κ1) is 12.3. The van der Waals surface area contributed by atoms with Gasteiger partial charge in [0.25, 0.3) is 0 Å². The molecule has 0 aliphatic heterocycles. The van der Waals surface area contributed by atoms with Gasteiger partial charge in [0, 0.05) is 17.8 Å². The molecule has 2 nitrogen and oxygen atoms in total. The molecular formula is C11H23NOS. The molecule has 3 atom stereocenters. The summed E-state index contributed by atoms with van der Waals surface area (Å²) in [6.07, 6.45) is 7.86. The van der Waals surface area contributed by atoms with Gasteiger partial charge in [-0.1, -0.05) is 19.3 Å². The summed E-state index contributed by atoms with van der Waals surface area (Å²) in [4.78, 5) is 0. The van der Waals surface area contributed by atoms with Gasteiger partial charge in [-0.2, -0.15) is 11.8 Å². The Morgan fingerprint density at radius 2 is 2.07 bits per heavy atom. The quantitative estimate of drug-likeness (QED) is 0.707. The van der Waals surface area contributed by atoms with Gasteiger partial charge in [0.05, 0.1) is 6.10 Å². The fraction of sp³-hybridized carbons (Fsp3) is 1.00. The third kappa shape index (κ3) is 4.20. The van der Waals surface area contributed by atoms with Crippen molar-refractivity contribution in [2.75, 3.05) is 12.0 Å². The first-order valence-electron chi connectivity index (χ1n) is 5.67. The molecule has 0 aromatic rings. The van der Waals surface area contributed by atoms with Crippen LogP contribution >= 0.6 is 11.8 Å². The van der Waals surface area contributed by atoms with Gasteiger partial charge in [-0.3, -0.25) is 0 Å². The second-order valence-electron chi connectivity index (χ2n) is 4.33. The van der Waals surface area contributed by atoms with Gasteiger partial charge in [0.1, 0.15) is 0 Å². The van der Waals surface area contributed by atoms with Gasteiger partial charge in [-0.15, -0.1) is 0 Å². The standard InChI is InChI=1S/C11H23NOS/c1-9(8-14-2)12-10-6-4-3-5-7-11(10)13/h9-13H,3-8H2,1-2H3. The van der Waals surface area contributed by atoms with Gasteiger partial charge < -0.3 is 10.4 Å². The Morgan fingerprint density at radius 1 is 1.36 bits per heavy atom. The summed E-state index contributed by atoms with van der Waals surface area (Å²) in [6.45, 7) is 2.20. The molecule has 14 heavy (non-hydrogen) atoms. The first-order valence-corrected chi connectivity index (χ1v) is 7.06. The highest BCUT2D eigenvalue weighted by atomic mass is 32.2. The summed E-state index contributed by atoms with van der Waals surface area (Å²) >= 11 is 1.86. The summed E-state index contributed by atoms with van der Waals surface area (Å²) in [7, 11) is 0. The smallest absolute Gasteiger partial charge is 0.0693 e. The van der Waals surface area contributed by atoms with Gasteiger partial charge >= 0.3 is 0 Å². The van der Waals surface area contributed by atoms with Crippen LogP contribution in [0.3, 0.4) is 0 Å². The topological polar surface area (TPSA) is 32.3 Å². The minimum atomic E-state index is -0.123. The molecule has 0 aromatic heterocycles. The fourth-order valence-corrected chi connectivity index (χ4v) is 2.74. The van der Waals surface area contributed by atoms with E-state index in [0.29, 0.717) is 12.1 Å². The number of aliphatic hydroxyl groups excluding tert-OH is 1. The molecule has 0 radical (unpaired) electrons. The van der Waals surface area contributed by atoms with Crippen molar-refractivity contribution in [2.45, 2.75) is 57.2 Å². The maximum Gasteiger partial charge on any atom is 0.0693 e. The van der Waals surface area contributed by atoms with Crippen LogP contribution in [0.15, 0.2) is 0 Å². The van der Waals surface area contributed by atoms with Gasteiger partial charge in [-0.05, 0) is 26.0 Å². The number of rotatable bonds is 4. The third-order valence-electron chi connectivity index (χ3n) is 2.89.